The summed E-state index contributed by atoms with van der Waals surface area (Å²) in [5.41, 5.74) is 0. The van der Waals surface area contributed by atoms with E-state index < -0.39 is 10.0 Å². The van der Waals surface area contributed by atoms with Gasteiger partial charge in [-0.2, -0.15) is 4.31 Å². The molecule has 1 aliphatic heterocycles. The summed E-state index contributed by atoms with van der Waals surface area (Å²) in [7, 11) is -1.85. The molecule has 1 aromatic heterocycles. The van der Waals surface area contributed by atoms with E-state index >= 15 is 0 Å². The summed E-state index contributed by atoms with van der Waals surface area (Å²) in [5.74, 6) is 2.38. The van der Waals surface area contributed by atoms with Crippen molar-refractivity contribution in [3.05, 3.63) is 42.5 Å². The van der Waals surface area contributed by atoms with Crippen LogP contribution < -0.4 is 4.74 Å². The van der Waals surface area contributed by atoms with Crippen molar-refractivity contribution in [1.82, 2.24) is 13.9 Å². The topological polar surface area (TPSA) is 64.4 Å². The van der Waals surface area contributed by atoms with E-state index in [2.05, 4.69) is 23.4 Å². The minimum atomic E-state index is -3.41. The first-order valence-corrected chi connectivity index (χ1v) is 9.51. The van der Waals surface area contributed by atoms with Gasteiger partial charge in [0.25, 0.3) is 0 Å². The summed E-state index contributed by atoms with van der Waals surface area (Å²) in [6.07, 6.45) is 3.77. The van der Waals surface area contributed by atoms with Crippen LogP contribution in [0.3, 0.4) is 0 Å². The Hall–Kier alpha value is -1.86. The predicted octanol–water partition coefficient (Wildman–Crippen LogP) is 2.34. The van der Waals surface area contributed by atoms with E-state index in [9.17, 15) is 8.42 Å². The zero-order valence-corrected chi connectivity index (χ0v) is 15.0. The van der Waals surface area contributed by atoms with Crippen LogP contribution in [0.4, 0.5) is 0 Å². The summed E-state index contributed by atoms with van der Waals surface area (Å²) in [4.78, 5) is 4.69. The summed E-state index contributed by atoms with van der Waals surface area (Å²) < 4.78 is 33.9. The number of ether oxygens (including phenoxy) is 1. The van der Waals surface area contributed by atoms with E-state index in [4.69, 9.17) is 4.74 Å². The van der Waals surface area contributed by atoms with Crippen LogP contribution in [0.2, 0.25) is 0 Å². The molecule has 0 spiro atoms. The van der Waals surface area contributed by atoms with Crippen LogP contribution in [-0.2, 0) is 16.6 Å². The van der Waals surface area contributed by atoms with E-state index in [1.807, 2.05) is 6.20 Å². The Labute approximate surface area is 143 Å². The lowest BCUT2D eigenvalue weighted by molar-refractivity contribution is 0.178. The SMILES string of the molecule is COc1ccc(S(=O)(=O)N2CC(Cn3ccnc3C(C)C)C2)cc1. The van der Waals surface area contributed by atoms with Crippen LogP contribution >= 0.6 is 0 Å². The molecule has 0 saturated carbocycles. The lowest BCUT2D eigenvalue weighted by Crippen LogP contribution is -2.51. The standard InChI is InChI=1S/C17H23N3O3S/c1-13(2)17-18-8-9-19(17)10-14-11-20(12-14)24(21,22)16-6-4-15(23-3)5-7-16/h4-9,13-14H,10-12H2,1-3H3. The van der Waals surface area contributed by atoms with Crippen molar-refractivity contribution in [2.75, 3.05) is 20.2 Å². The molecule has 2 aromatic rings. The van der Waals surface area contributed by atoms with E-state index in [1.165, 1.54) is 4.31 Å². The first-order chi connectivity index (χ1) is 11.4. The highest BCUT2D eigenvalue weighted by atomic mass is 32.2. The molecule has 6 nitrogen and oxygen atoms in total. The number of rotatable bonds is 6. The van der Waals surface area contributed by atoms with Crippen molar-refractivity contribution in [3.8, 4) is 5.75 Å². The molecule has 1 fully saturated rings. The minimum absolute atomic E-state index is 0.312. The number of hydrogen-bond acceptors (Lipinski definition) is 4. The highest BCUT2D eigenvalue weighted by Crippen LogP contribution is 2.28. The van der Waals surface area contributed by atoms with Crippen molar-refractivity contribution in [2.45, 2.75) is 31.2 Å². The van der Waals surface area contributed by atoms with Crippen LogP contribution in [0.5, 0.6) is 5.75 Å². The Balaban J connectivity index is 1.63. The van der Waals surface area contributed by atoms with Gasteiger partial charge in [0.1, 0.15) is 11.6 Å². The molecule has 1 aliphatic rings. The molecule has 130 valence electrons. The van der Waals surface area contributed by atoms with Gasteiger partial charge in [0, 0.05) is 43.9 Å². The Morgan fingerprint density at radius 2 is 1.92 bits per heavy atom. The number of aromatic nitrogens is 2. The average Bonchev–Trinajstić information content (AvgIpc) is 2.98. The Bertz CT molecular complexity index is 791. The minimum Gasteiger partial charge on any atom is -0.497 e. The van der Waals surface area contributed by atoms with E-state index in [0.29, 0.717) is 35.6 Å². The number of nitrogens with zero attached hydrogens (tertiary/aromatic N) is 3. The fourth-order valence-electron chi connectivity index (χ4n) is 2.98. The van der Waals surface area contributed by atoms with Crippen LogP contribution in [0.25, 0.3) is 0 Å². The van der Waals surface area contributed by atoms with Gasteiger partial charge in [-0.1, -0.05) is 13.8 Å². The Morgan fingerprint density at radius 3 is 2.50 bits per heavy atom. The molecule has 3 rings (SSSR count). The van der Waals surface area contributed by atoms with Crippen molar-refractivity contribution >= 4 is 10.0 Å². The van der Waals surface area contributed by atoms with Crippen molar-refractivity contribution in [1.29, 1.82) is 0 Å². The Morgan fingerprint density at radius 1 is 1.25 bits per heavy atom. The summed E-state index contributed by atoms with van der Waals surface area (Å²) in [6.45, 7) is 6.12. The fraction of sp³-hybridized carbons (Fsp3) is 0.471. The third-order valence-electron chi connectivity index (χ3n) is 4.34. The molecule has 0 unspecified atom stereocenters. The number of imidazole rings is 1. The van der Waals surface area contributed by atoms with Gasteiger partial charge < -0.3 is 9.30 Å². The molecule has 2 heterocycles. The lowest BCUT2D eigenvalue weighted by Gasteiger charge is -2.38. The molecule has 0 radical (unpaired) electrons. The third kappa shape index (κ3) is 3.18. The third-order valence-corrected chi connectivity index (χ3v) is 6.19. The van der Waals surface area contributed by atoms with Crippen LogP contribution in [0.15, 0.2) is 41.6 Å². The zero-order valence-electron chi connectivity index (χ0n) is 14.2. The quantitative estimate of drug-likeness (QED) is 0.803. The second-order valence-corrected chi connectivity index (χ2v) is 8.39. The molecule has 1 aromatic carbocycles. The highest BCUT2D eigenvalue weighted by Gasteiger charge is 2.37. The lowest BCUT2D eigenvalue weighted by atomic mass is 10.0. The first kappa shape index (κ1) is 17.0. The van der Waals surface area contributed by atoms with Gasteiger partial charge >= 0.3 is 0 Å². The maximum atomic E-state index is 12.6. The molecular weight excluding hydrogens is 326 g/mol. The molecule has 0 N–H and O–H groups in total. The summed E-state index contributed by atoms with van der Waals surface area (Å²) in [6, 6.07) is 6.53. The number of sulfonamides is 1. The highest BCUT2D eigenvalue weighted by molar-refractivity contribution is 7.89. The van der Waals surface area contributed by atoms with Crippen LogP contribution in [0, 0.1) is 5.92 Å². The van der Waals surface area contributed by atoms with E-state index in [0.717, 1.165) is 12.4 Å². The largest absolute Gasteiger partial charge is 0.497 e. The monoisotopic (exact) mass is 349 g/mol. The molecule has 0 aliphatic carbocycles. The van der Waals surface area contributed by atoms with Crippen LogP contribution in [0.1, 0.15) is 25.6 Å². The number of methoxy groups -OCH3 is 1. The smallest absolute Gasteiger partial charge is 0.243 e. The molecule has 7 heteroatoms. The second-order valence-electron chi connectivity index (χ2n) is 6.46. The van der Waals surface area contributed by atoms with Gasteiger partial charge in [0.15, 0.2) is 0 Å². The van der Waals surface area contributed by atoms with Gasteiger partial charge in [-0.25, -0.2) is 13.4 Å². The maximum absolute atomic E-state index is 12.6. The zero-order chi connectivity index (χ0) is 17.3. The molecule has 1 saturated heterocycles. The molecule has 24 heavy (non-hydrogen) atoms. The molecule has 0 atom stereocenters. The van der Waals surface area contributed by atoms with Crippen LogP contribution in [-0.4, -0.2) is 42.5 Å². The summed E-state index contributed by atoms with van der Waals surface area (Å²) in [5, 5.41) is 0. The predicted molar refractivity (Wildman–Crippen MR) is 91.6 cm³/mol. The maximum Gasteiger partial charge on any atom is 0.243 e. The van der Waals surface area contributed by atoms with E-state index in [-0.39, 0.29) is 0 Å². The first-order valence-electron chi connectivity index (χ1n) is 8.07. The molecular formula is C17H23N3O3S. The Kier molecular flexibility index (Phi) is 4.64. The van der Waals surface area contributed by atoms with Gasteiger partial charge in [-0.3, -0.25) is 0 Å². The van der Waals surface area contributed by atoms with Crippen molar-refractivity contribution < 1.29 is 13.2 Å². The molecule has 0 amide bonds. The molecule has 0 bridgehead atoms. The van der Waals surface area contributed by atoms with Gasteiger partial charge in [-0.05, 0) is 24.3 Å². The van der Waals surface area contributed by atoms with Gasteiger partial charge in [-0.15, -0.1) is 0 Å². The number of benzene rings is 1. The summed E-state index contributed by atoms with van der Waals surface area (Å²) >= 11 is 0. The van der Waals surface area contributed by atoms with E-state index in [1.54, 1.807) is 37.6 Å². The fourth-order valence-corrected chi connectivity index (χ4v) is 4.58. The van der Waals surface area contributed by atoms with Gasteiger partial charge in [0.2, 0.25) is 10.0 Å². The van der Waals surface area contributed by atoms with Gasteiger partial charge in [0.05, 0.1) is 12.0 Å². The van der Waals surface area contributed by atoms with Crippen molar-refractivity contribution in [2.24, 2.45) is 5.92 Å². The normalized spacial score (nSPS) is 16.3. The second kappa shape index (κ2) is 6.57. The van der Waals surface area contributed by atoms with Crippen molar-refractivity contribution in [3.63, 3.8) is 0 Å². The average molecular weight is 349 g/mol. The number of hydrogen-bond donors (Lipinski definition) is 0.